The van der Waals surface area contributed by atoms with Crippen LogP contribution < -0.4 is 5.32 Å². The molecule has 3 nitrogen and oxygen atoms in total. The first-order valence-electron chi connectivity index (χ1n) is 7.96. The Kier molecular flexibility index (Phi) is 8.13. The predicted octanol–water partition coefficient (Wildman–Crippen LogP) is 4.14. The Hall–Kier alpha value is -1.00. The van der Waals surface area contributed by atoms with Crippen LogP contribution in [0.2, 0.25) is 0 Å². The molecule has 3 rings (SSSR count). The van der Waals surface area contributed by atoms with E-state index in [9.17, 15) is 5.11 Å². The maximum absolute atomic E-state index is 10.5. The molecule has 0 aliphatic carbocycles. The van der Waals surface area contributed by atoms with Crippen LogP contribution in [0.25, 0.3) is 10.8 Å². The molecule has 1 aliphatic heterocycles. The lowest BCUT2D eigenvalue weighted by atomic mass is 9.93. The molecule has 1 heterocycles. The summed E-state index contributed by atoms with van der Waals surface area (Å²) in [6.45, 7) is 6.38. The molecule has 0 bridgehead atoms. The molecule has 1 saturated heterocycles. The molecular weight excluding hydrogens is 331 g/mol. The molecule has 0 amide bonds. The van der Waals surface area contributed by atoms with E-state index in [1.807, 2.05) is 12.1 Å². The van der Waals surface area contributed by atoms with E-state index in [-0.39, 0.29) is 24.8 Å². The van der Waals surface area contributed by atoms with Crippen LogP contribution in [-0.2, 0) is 0 Å². The van der Waals surface area contributed by atoms with Crippen LogP contribution in [0.3, 0.4) is 0 Å². The van der Waals surface area contributed by atoms with Gasteiger partial charge in [0.2, 0.25) is 0 Å². The fourth-order valence-electron chi connectivity index (χ4n) is 3.41. The first-order valence-corrected chi connectivity index (χ1v) is 7.96. The Labute approximate surface area is 150 Å². The van der Waals surface area contributed by atoms with Crippen molar-refractivity contribution in [2.75, 3.05) is 26.2 Å². The van der Waals surface area contributed by atoms with Gasteiger partial charge in [-0.15, -0.1) is 24.8 Å². The van der Waals surface area contributed by atoms with Crippen molar-refractivity contribution in [1.82, 2.24) is 10.2 Å². The molecule has 0 unspecified atom stereocenters. The molecule has 0 spiro atoms. The van der Waals surface area contributed by atoms with Crippen LogP contribution in [0.5, 0.6) is 5.75 Å². The molecule has 0 aromatic heterocycles. The van der Waals surface area contributed by atoms with Crippen LogP contribution in [0.1, 0.15) is 31.4 Å². The molecule has 5 heteroatoms. The van der Waals surface area contributed by atoms with Crippen molar-refractivity contribution in [3.63, 3.8) is 0 Å². The predicted molar refractivity (Wildman–Crippen MR) is 102 cm³/mol. The summed E-state index contributed by atoms with van der Waals surface area (Å²) in [4.78, 5) is 2.52. The zero-order chi connectivity index (χ0) is 14.7. The van der Waals surface area contributed by atoms with E-state index < -0.39 is 0 Å². The number of halogens is 2. The molecule has 1 aliphatic rings. The smallest absolute Gasteiger partial charge is 0.121 e. The number of hydrogen-bond donors (Lipinski definition) is 2. The van der Waals surface area contributed by atoms with Crippen molar-refractivity contribution in [2.45, 2.75) is 25.8 Å². The van der Waals surface area contributed by atoms with Gasteiger partial charge in [-0.2, -0.15) is 0 Å². The van der Waals surface area contributed by atoms with E-state index in [1.54, 1.807) is 0 Å². The largest absolute Gasteiger partial charge is 0.508 e. The first kappa shape index (κ1) is 20.0. The lowest BCUT2D eigenvalue weighted by Crippen LogP contribution is -2.45. The lowest BCUT2D eigenvalue weighted by molar-refractivity contribution is 0.163. The van der Waals surface area contributed by atoms with E-state index >= 15 is 0 Å². The number of rotatable bonds is 4. The Balaban J connectivity index is 0.00000132. The van der Waals surface area contributed by atoms with Gasteiger partial charge in [0.1, 0.15) is 5.75 Å². The summed E-state index contributed by atoms with van der Waals surface area (Å²) in [5, 5.41) is 16.3. The maximum atomic E-state index is 10.5. The summed E-state index contributed by atoms with van der Waals surface area (Å²) in [5.41, 5.74) is 1.11. The topological polar surface area (TPSA) is 35.5 Å². The minimum Gasteiger partial charge on any atom is -0.508 e. The molecular formula is C18H26Cl2N2O. The van der Waals surface area contributed by atoms with Crippen molar-refractivity contribution in [2.24, 2.45) is 0 Å². The zero-order valence-electron chi connectivity index (χ0n) is 13.5. The highest BCUT2D eigenvalue weighted by Crippen LogP contribution is 2.37. The standard InChI is InChI=1S/C18H24N2O.2ClH/c1-2-5-16(20-12-10-19-11-13-20)18-15-7-4-3-6-14(15)8-9-17(18)21;;/h3-4,6-9,16,19,21H,2,5,10-13H2,1H3;2*1H/t16-;;/m1../s1. The summed E-state index contributed by atoms with van der Waals surface area (Å²) in [6.07, 6.45) is 2.21. The van der Waals surface area contributed by atoms with E-state index in [4.69, 9.17) is 0 Å². The number of phenolic OH excluding ortho intramolecular Hbond substituents is 1. The Morgan fingerprint density at radius 3 is 2.48 bits per heavy atom. The third kappa shape index (κ3) is 4.30. The molecule has 0 saturated carbocycles. The van der Waals surface area contributed by atoms with Crippen molar-refractivity contribution in [3.05, 3.63) is 42.0 Å². The fraction of sp³-hybridized carbons (Fsp3) is 0.444. The molecule has 128 valence electrons. The molecule has 2 aromatic rings. The van der Waals surface area contributed by atoms with Gasteiger partial charge in [0.05, 0.1) is 0 Å². The summed E-state index contributed by atoms with van der Waals surface area (Å²) in [7, 11) is 0. The number of nitrogens with zero attached hydrogens (tertiary/aromatic N) is 1. The molecule has 2 N–H and O–H groups in total. The van der Waals surface area contributed by atoms with Crippen molar-refractivity contribution >= 4 is 35.6 Å². The summed E-state index contributed by atoms with van der Waals surface area (Å²) in [5.74, 6) is 0.436. The normalized spacial score (nSPS) is 16.4. The average molecular weight is 357 g/mol. The van der Waals surface area contributed by atoms with Gasteiger partial charge < -0.3 is 10.4 Å². The van der Waals surface area contributed by atoms with Crippen molar-refractivity contribution in [1.29, 1.82) is 0 Å². The highest BCUT2D eigenvalue weighted by Gasteiger charge is 2.25. The second-order valence-corrected chi connectivity index (χ2v) is 5.81. The highest BCUT2D eigenvalue weighted by atomic mass is 35.5. The van der Waals surface area contributed by atoms with Crippen LogP contribution in [0.4, 0.5) is 0 Å². The molecule has 2 aromatic carbocycles. The van der Waals surface area contributed by atoms with E-state index in [1.165, 1.54) is 10.8 Å². The van der Waals surface area contributed by atoms with Crippen molar-refractivity contribution in [3.8, 4) is 5.75 Å². The highest BCUT2D eigenvalue weighted by molar-refractivity contribution is 5.88. The minimum absolute atomic E-state index is 0. The minimum atomic E-state index is 0. The Bertz CT molecular complexity index is 615. The van der Waals surface area contributed by atoms with Crippen LogP contribution >= 0.6 is 24.8 Å². The zero-order valence-corrected chi connectivity index (χ0v) is 15.1. The third-order valence-corrected chi connectivity index (χ3v) is 4.44. The van der Waals surface area contributed by atoms with Gasteiger partial charge in [0.25, 0.3) is 0 Å². The average Bonchev–Trinajstić information content (AvgIpc) is 2.54. The molecule has 1 fully saturated rings. The Morgan fingerprint density at radius 2 is 1.78 bits per heavy atom. The molecule has 0 radical (unpaired) electrons. The number of hydrogen-bond acceptors (Lipinski definition) is 3. The monoisotopic (exact) mass is 356 g/mol. The lowest BCUT2D eigenvalue weighted by Gasteiger charge is -2.36. The second-order valence-electron chi connectivity index (χ2n) is 5.81. The van der Waals surface area contributed by atoms with E-state index in [2.05, 4.69) is 41.4 Å². The number of piperazine rings is 1. The van der Waals surface area contributed by atoms with E-state index in [0.717, 1.165) is 44.6 Å². The van der Waals surface area contributed by atoms with Gasteiger partial charge in [-0.25, -0.2) is 0 Å². The summed E-state index contributed by atoms with van der Waals surface area (Å²) < 4.78 is 0. The van der Waals surface area contributed by atoms with Gasteiger partial charge >= 0.3 is 0 Å². The van der Waals surface area contributed by atoms with Crippen molar-refractivity contribution < 1.29 is 5.11 Å². The number of aromatic hydroxyl groups is 1. The SMILES string of the molecule is CCC[C@H](c1c(O)ccc2ccccc12)N1CCNCC1.Cl.Cl. The van der Waals surface area contributed by atoms with Crippen LogP contribution in [0.15, 0.2) is 36.4 Å². The Morgan fingerprint density at radius 1 is 1.09 bits per heavy atom. The maximum Gasteiger partial charge on any atom is 0.121 e. The summed E-state index contributed by atoms with van der Waals surface area (Å²) in [6, 6.07) is 12.5. The van der Waals surface area contributed by atoms with Gasteiger partial charge in [0, 0.05) is 37.8 Å². The number of fused-ring (bicyclic) bond motifs is 1. The van der Waals surface area contributed by atoms with E-state index in [0.29, 0.717) is 11.8 Å². The fourth-order valence-corrected chi connectivity index (χ4v) is 3.41. The second kappa shape index (κ2) is 9.33. The summed E-state index contributed by atoms with van der Waals surface area (Å²) >= 11 is 0. The quantitative estimate of drug-likeness (QED) is 0.864. The molecule has 1 atom stereocenters. The van der Waals surface area contributed by atoms with Crippen LogP contribution in [-0.4, -0.2) is 36.2 Å². The van der Waals surface area contributed by atoms with Gasteiger partial charge in [-0.05, 0) is 23.3 Å². The first-order chi connectivity index (χ1) is 10.3. The number of phenols is 1. The number of benzene rings is 2. The van der Waals surface area contributed by atoms with Gasteiger partial charge in [-0.3, -0.25) is 4.90 Å². The van der Waals surface area contributed by atoms with Gasteiger partial charge in [0.15, 0.2) is 0 Å². The molecule has 23 heavy (non-hydrogen) atoms. The van der Waals surface area contributed by atoms with Crippen LogP contribution in [0, 0.1) is 0 Å². The number of nitrogens with one attached hydrogen (secondary N) is 1. The van der Waals surface area contributed by atoms with Gasteiger partial charge in [-0.1, -0.05) is 43.7 Å². The third-order valence-electron chi connectivity index (χ3n) is 4.44.